The number of ether oxygens (including phenoxy) is 2. The number of hydrogen-bond acceptors (Lipinski definition) is 4. The van der Waals surface area contributed by atoms with E-state index < -0.39 is 5.60 Å². The summed E-state index contributed by atoms with van der Waals surface area (Å²) >= 11 is 0. The van der Waals surface area contributed by atoms with Crippen LogP contribution in [-0.4, -0.2) is 30.8 Å². The molecule has 1 aliphatic heterocycles. The van der Waals surface area contributed by atoms with Crippen molar-refractivity contribution in [2.75, 3.05) is 19.8 Å². The minimum absolute atomic E-state index is 0.105. The van der Waals surface area contributed by atoms with Crippen molar-refractivity contribution in [3.63, 3.8) is 0 Å². The first kappa shape index (κ1) is 17.4. The summed E-state index contributed by atoms with van der Waals surface area (Å²) in [6.07, 6.45) is 0.426. The van der Waals surface area contributed by atoms with Crippen molar-refractivity contribution < 1.29 is 19.4 Å². The Kier molecular flexibility index (Phi) is 4.69. The second-order valence-electron chi connectivity index (χ2n) is 6.70. The fourth-order valence-electron chi connectivity index (χ4n) is 3.33. The Hall–Kier alpha value is -3.05. The smallest absolute Gasteiger partial charge is 0.258 e. The van der Waals surface area contributed by atoms with Gasteiger partial charge in [0.05, 0.1) is 13.2 Å². The van der Waals surface area contributed by atoms with Gasteiger partial charge in [0.2, 0.25) is 0 Å². The lowest BCUT2D eigenvalue weighted by atomic mass is 9.88. The van der Waals surface area contributed by atoms with Crippen LogP contribution >= 0.6 is 0 Å². The van der Waals surface area contributed by atoms with Gasteiger partial charge in [-0.25, -0.2) is 0 Å². The molecule has 2 N–H and O–H groups in total. The first-order valence-corrected chi connectivity index (χ1v) is 8.97. The molecule has 1 amide bonds. The van der Waals surface area contributed by atoms with E-state index in [2.05, 4.69) is 5.32 Å². The van der Waals surface area contributed by atoms with E-state index in [1.807, 2.05) is 66.7 Å². The normalized spacial score (nSPS) is 18.4. The van der Waals surface area contributed by atoms with Crippen LogP contribution in [0.1, 0.15) is 12.0 Å². The number of hydrogen-bond donors (Lipinski definition) is 2. The highest BCUT2D eigenvalue weighted by atomic mass is 16.5. The minimum atomic E-state index is -1.13. The van der Waals surface area contributed by atoms with E-state index in [-0.39, 0.29) is 19.1 Å². The molecule has 0 fully saturated rings. The lowest BCUT2D eigenvalue weighted by molar-refractivity contribution is -0.124. The highest BCUT2D eigenvalue weighted by Crippen LogP contribution is 2.36. The summed E-state index contributed by atoms with van der Waals surface area (Å²) in [5, 5.41) is 15.9. The molecule has 1 atom stereocenters. The van der Waals surface area contributed by atoms with Gasteiger partial charge in [-0.1, -0.05) is 48.5 Å². The quantitative estimate of drug-likeness (QED) is 0.731. The number of aliphatic hydroxyl groups is 1. The second-order valence-corrected chi connectivity index (χ2v) is 6.70. The topological polar surface area (TPSA) is 67.8 Å². The Bertz CT molecular complexity index is 971. The molecular weight excluding hydrogens is 342 g/mol. The van der Waals surface area contributed by atoms with Gasteiger partial charge in [0.1, 0.15) is 17.1 Å². The van der Waals surface area contributed by atoms with E-state index in [4.69, 9.17) is 9.47 Å². The van der Waals surface area contributed by atoms with Crippen LogP contribution in [0.25, 0.3) is 10.8 Å². The predicted octanol–water partition coefficient (Wildman–Crippen LogP) is 3.01. The zero-order valence-corrected chi connectivity index (χ0v) is 14.9. The summed E-state index contributed by atoms with van der Waals surface area (Å²) < 4.78 is 11.2. The maximum absolute atomic E-state index is 12.2. The Morgan fingerprint density at radius 1 is 1.07 bits per heavy atom. The van der Waals surface area contributed by atoms with E-state index in [1.54, 1.807) is 0 Å². The largest absolute Gasteiger partial charge is 0.493 e. The van der Waals surface area contributed by atoms with Crippen LogP contribution in [-0.2, 0) is 10.4 Å². The molecule has 3 aromatic rings. The first-order chi connectivity index (χ1) is 13.1. The van der Waals surface area contributed by atoms with Crippen molar-refractivity contribution in [3.8, 4) is 11.5 Å². The van der Waals surface area contributed by atoms with Gasteiger partial charge in [-0.15, -0.1) is 0 Å². The van der Waals surface area contributed by atoms with Gasteiger partial charge in [0, 0.05) is 12.0 Å². The molecule has 0 spiro atoms. The third-order valence-electron chi connectivity index (χ3n) is 4.83. The number of nitrogens with one attached hydrogen (secondary N) is 1. The molecule has 0 bridgehead atoms. The van der Waals surface area contributed by atoms with Gasteiger partial charge >= 0.3 is 0 Å². The molecule has 1 unspecified atom stereocenters. The lowest BCUT2D eigenvalue weighted by Crippen LogP contribution is -2.45. The van der Waals surface area contributed by atoms with Gasteiger partial charge in [-0.2, -0.15) is 0 Å². The van der Waals surface area contributed by atoms with Crippen LogP contribution in [0, 0.1) is 0 Å². The summed E-state index contributed by atoms with van der Waals surface area (Å²) in [7, 11) is 0. The van der Waals surface area contributed by atoms with Gasteiger partial charge in [0.15, 0.2) is 6.61 Å². The maximum Gasteiger partial charge on any atom is 0.258 e. The van der Waals surface area contributed by atoms with Crippen LogP contribution in [0.15, 0.2) is 66.7 Å². The van der Waals surface area contributed by atoms with Crippen molar-refractivity contribution in [2.45, 2.75) is 12.0 Å². The molecule has 4 rings (SSSR count). The maximum atomic E-state index is 12.2. The van der Waals surface area contributed by atoms with Crippen molar-refractivity contribution >= 4 is 16.7 Å². The van der Waals surface area contributed by atoms with Gasteiger partial charge in [0.25, 0.3) is 5.91 Å². The van der Waals surface area contributed by atoms with Gasteiger partial charge in [-0.05, 0) is 29.0 Å². The van der Waals surface area contributed by atoms with E-state index in [0.29, 0.717) is 30.1 Å². The molecule has 138 valence electrons. The molecule has 0 saturated carbocycles. The number of amides is 1. The molecule has 0 radical (unpaired) electrons. The Balaban J connectivity index is 1.36. The SMILES string of the molecule is O=C(COc1ccc2ccccc2c1)NCC1(O)CCOc2ccccc21. The average molecular weight is 363 g/mol. The lowest BCUT2D eigenvalue weighted by Gasteiger charge is -2.34. The fraction of sp³-hybridized carbons (Fsp3) is 0.227. The molecule has 27 heavy (non-hydrogen) atoms. The van der Waals surface area contributed by atoms with Crippen molar-refractivity contribution in [2.24, 2.45) is 0 Å². The molecule has 5 nitrogen and oxygen atoms in total. The van der Waals surface area contributed by atoms with E-state index in [9.17, 15) is 9.90 Å². The molecule has 1 heterocycles. The summed E-state index contributed by atoms with van der Waals surface area (Å²) in [5.74, 6) is 1.02. The third kappa shape index (κ3) is 3.73. The molecule has 0 saturated heterocycles. The number of carbonyl (C=O) groups is 1. The summed E-state index contributed by atoms with van der Waals surface area (Å²) in [6.45, 7) is 0.427. The average Bonchev–Trinajstić information content (AvgIpc) is 2.71. The van der Waals surface area contributed by atoms with E-state index in [1.165, 1.54) is 0 Å². The molecule has 5 heteroatoms. The van der Waals surface area contributed by atoms with E-state index in [0.717, 1.165) is 10.8 Å². The van der Waals surface area contributed by atoms with E-state index >= 15 is 0 Å². The Morgan fingerprint density at radius 2 is 1.85 bits per heavy atom. The minimum Gasteiger partial charge on any atom is -0.493 e. The summed E-state index contributed by atoms with van der Waals surface area (Å²) in [6, 6.07) is 21.0. The first-order valence-electron chi connectivity index (χ1n) is 8.97. The predicted molar refractivity (Wildman–Crippen MR) is 103 cm³/mol. The van der Waals surface area contributed by atoms with Crippen LogP contribution in [0.2, 0.25) is 0 Å². The third-order valence-corrected chi connectivity index (χ3v) is 4.83. The zero-order chi connectivity index (χ0) is 18.7. The molecular formula is C22H21NO4. The van der Waals surface area contributed by atoms with Crippen LogP contribution in [0.4, 0.5) is 0 Å². The van der Waals surface area contributed by atoms with Crippen LogP contribution in [0.5, 0.6) is 11.5 Å². The number of fused-ring (bicyclic) bond motifs is 2. The number of para-hydroxylation sites is 1. The van der Waals surface area contributed by atoms with Crippen LogP contribution in [0.3, 0.4) is 0 Å². The standard InChI is InChI=1S/C22H21NO4/c24-21(14-27-18-10-9-16-5-1-2-6-17(16)13-18)23-15-22(25)11-12-26-20-8-4-3-7-19(20)22/h1-10,13,25H,11-12,14-15H2,(H,23,24). The highest BCUT2D eigenvalue weighted by Gasteiger charge is 2.35. The second kappa shape index (κ2) is 7.29. The molecule has 0 aliphatic carbocycles. The number of rotatable bonds is 5. The number of carbonyl (C=O) groups excluding carboxylic acids is 1. The molecule has 0 aromatic heterocycles. The summed E-state index contributed by atoms with van der Waals surface area (Å²) in [4.78, 5) is 12.2. The van der Waals surface area contributed by atoms with Gasteiger partial charge in [-0.3, -0.25) is 4.79 Å². The Morgan fingerprint density at radius 3 is 2.74 bits per heavy atom. The Labute approximate surface area is 157 Å². The fourth-order valence-corrected chi connectivity index (χ4v) is 3.33. The highest BCUT2D eigenvalue weighted by molar-refractivity contribution is 5.84. The van der Waals surface area contributed by atoms with Crippen molar-refractivity contribution in [1.82, 2.24) is 5.32 Å². The van der Waals surface area contributed by atoms with Crippen molar-refractivity contribution in [3.05, 3.63) is 72.3 Å². The van der Waals surface area contributed by atoms with Gasteiger partial charge < -0.3 is 19.9 Å². The number of benzene rings is 3. The summed E-state index contributed by atoms with van der Waals surface area (Å²) in [5.41, 5.74) is -0.431. The monoisotopic (exact) mass is 363 g/mol. The van der Waals surface area contributed by atoms with Crippen LogP contribution < -0.4 is 14.8 Å². The molecule has 3 aromatic carbocycles. The molecule has 1 aliphatic rings. The van der Waals surface area contributed by atoms with Crippen molar-refractivity contribution in [1.29, 1.82) is 0 Å². The zero-order valence-electron chi connectivity index (χ0n) is 14.9.